The highest BCUT2D eigenvalue weighted by atomic mass is 32.2. The van der Waals surface area contributed by atoms with Crippen LogP contribution in [0.25, 0.3) is 0 Å². The molecule has 0 aromatic heterocycles. The van der Waals surface area contributed by atoms with Gasteiger partial charge in [-0.1, -0.05) is 33.1 Å². The molecule has 0 spiro atoms. The predicted molar refractivity (Wildman–Crippen MR) is 75.4 cm³/mol. The van der Waals surface area contributed by atoms with E-state index in [9.17, 15) is 0 Å². The lowest BCUT2D eigenvalue weighted by molar-refractivity contribution is 0.0472. The van der Waals surface area contributed by atoms with Crippen molar-refractivity contribution in [2.75, 3.05) is 32.2 Å². The number of morpholine rings is 1. The van der Waals surface area contributed by atoms with E-state index in [1.807, 2.05) is 0 Å². The van der Waals surface area contributed by atoms with Gasteiger partial charge < -0.3 is 4.74 Å². The van der Waals surface area contributed by atoms with Crippen molar-refractivity contribution in [3.8, 4) is 0 Å². The van der Waals surface area contributed by atoms with E-state index in [0.717, 1.165) is 43.4 Å². The molecule has 1 saturated carbocycles. The molecule has 3 unspecified atom stereocenters. The molecule has 1 aliphatic carbocycles. The van der Waals surface area contributed by atoms with E-state index in [1.54, 1.807) is 0 Å². The van der Waals surface area contributed by atoms with Gasteiger partial charge in [-0.2, -0.15) is 0 Å². The first-order valence-corrected chi connectivity index (χ1v) is 8.24. The van der Waals surface area contributed by atoms with E-state index in [-0.39, 0.29) is 0 Å². The van der Waals surface area contributed by atoms with Crippen LogP contribution in [0.1, 0.15) is 39.5 Å². The Morgan fingerprint density at radius 3 is 2.59 bits per heavy atom. The first-order chi connectivity index (χ1) is 8.27. The van der Waals surface area contributed by atoms with Crippen LogP contribution in [0.3, 0.4) is 0 Å². The van der Waals surface area contributed by atoms with Crippen LogP contribution in [0.15, 0.2) is 0 Å². The zero-order valence-electron chi connectivity index (χ0n) is 11.4. The highest BCUT2D eigenvalue weighted by Crippen LogP contribution is 2.35. The minimum Gasteiger partial charge on any atom is -0.379 e. The van der Waals surface area contributed by atoms with Crippen molar-refractivity contribution >= 4 is 11.8 Å². The number of hydrogen-bond acceptors (Lipinski definition) is 3. The summed E-state index contributed by atoms with van der Waals surface area (Å²) in [6.07, 6.45) is 5.76. The Balaban J connectivity index is 1.75. The lowest BCUT2D eigenvalue weighted by atomic mass is 9.91. The average molecular weight is 257 g/mol. The van der Waals surface area contributed by atoms with Gasteiger partial charge >= 0.3 is 0 Å². The smallest absolute Gasteiger partial charge is 0.0594 e. The van der Waals surface area contributed by atoms with Gasteiger partial charge in [0, 0.05) is 24.2 Å². The molecule has 1 heterocycles. The molecule has 1 saturated heterocycles. The molecule has 2 aliphatic rings. The third-order valence-corrected chi connectivity index (χ3v) is 6.06. The van der Waals surface area contributed by atoms with Crippen molar-refractivity contribution in [3.05, 3.63) is 0 Å². The van der Waals surface area contributed by atoms with E-state index in [0.29, 0.717) is 0 Å². The fraction of sp³-hybridized carbons (Fsp3) is 1.00. The Bertz CT molecular complexity index is 218. The minimum absolute atomic E-state index is 0.885. The Labute approximate surface area is 110 Å². The summed E-state index contributed by atoms with van der Waals surface area (Å²) in [7, 11) is 0. The highest BCUT2D eigenvalue weighted by molar-refractivity contribution is 7.99. The van der Waals surface area contributed by atoms with E-state index < -0.39 is 0 Å². The van der Waals surface area contributed by atoms with Gasteiger partial charge in [0.05, 0.1) is 13.2 Å². The molecule has 3 atom stereocenters. The van der Waals surface area contributed by atoms with Crippen LogP contribution in [0, 0.1) is 11.8 Å². The maximum absolute atomic E-state index is 5.40. The van der Waals surface area contributed by atoms with E-state index in [1.165, 1.54) is 31.6 Å². The summed E-state index contributed by atoms with van der Waals surface area (Å²) in [6, 6.07) is 0. The standard InChI is InChI=1S/C14H27NOS/c1-12-5-3-4-6-14(13(12)2)17-11-15-7-9-16-10-8-15/h12-14H,3-11H2,1-2H3. The Morgan fingerprint density at radius 1 is 1.12 bits per heavy atom. The minimum atomic E-state index is 0.885. The van der Waals surface area contributed by atoms with Gasteiger partial charge in [0.1, 0.15) is 0 Å². The first kappa shape index (κ1) is 13.7. The van der Waals surface area contributed by atoms with Crippen LogP contribution < -0.4 is 0 Å². The van der Waals surface area contributed by atoms with Crippen LogP contribution in [0.5, 0.6) is 0 Å². The Morgan fingerprint density at radius 2 is 1.82 bits per heavy atom. The zero-order chi connectivity index (χ0) is 12.1. The maximum atomic E-state index is 5.40. The predicted octanol–water partition coefficient (Wildman–Crippen LogP) is 3.22. The summed E-state index contributed by atoms with van der Waals surface area (Å²) in [4.78, 5) is 2.55. The van der Waals surface area contributed by atoms with Crippen LogP contribution in [0.4, 0.5) is 0 Å². The van der Waals surface area contributed by atoms with Crippen LogP contribution in [-0.2, 0) is 4.74 Å². The van der Waals surface area contributed by atoms with E-state index >= 15 is 0 Å². The van der Waals surface area contributed by atoms with Gasteiger partial charge in [-0.05, 0) is 18.3 Å². The van der Waals surface area contributed by atoms with Crippen molar-refractivity contribution in [2.24, 2.45) is 11.8 Å². The van der Waals surface area contributed by atoms with Gasteiger partial charge in [-0.25, -0.2) is 0 Å². The van der Waals surface area contributed by atoms with Crippen molar-refractivity contribution in [1.29, 1.82) is 0 Å². The highest BCUT2D eigenvalue weighted by Gasteiger charge is 2.26. The molecule has 2 fully saturated rings. The first-order valence-electron chi connectivity index (χ1n) is 7.19. The molecule has 0 bridgehead atoms. The molecular formula is C14H27NOS. The zero-order valence-corrected chi connectivity index (χ0v) is 12.2. The van der Waals surface area contributed by atoms with Crippen molar-refractivity contribution in [1.82, 2.24) is 4.90 Å². The molecule has 3 heteroatoms. The summed E-state index contributed by atoms with van der Waals surface area (Å²) in [5.41, 5.74) is 0. The Hall–Kier alpha value is 0.270. The third-order valence-electron chi connectivity index (χ3n) is 4.46. The second-order valence-electron chi connectivity index (χ2n) is 5.69. The molecule has 1 aliphatic heterocycles. The van der Waals surface area contributed by atoms with Gasteiger partial charge in [0.25, 0.3) is 0 Å². The van der Waals surface area contributed by atoms with Crippen molar-refractivity contribution in [2.45, 2.75) is 44.8 Å². The summed E-state index contributed by atoms with van der Waals surface area (Å²) in [6.45, 7) is 9.02. The van der Waals surface area contributed by atoms with Crippen LogP contribution in [0.2, 0.25) is 0 Å². The molecule has 0 aromatic carbocycles. The van der Waals surface area contributed by atoms with E-state index in [4.69, 9.17) is 4.74 Å². The fourth-order valence-corrected chi connectivity index (χ4v) is 4.44. The summed E-state index contributed by atoms with van der Waals surface area (Å²) in [5.74, 6) is 3.02. The van der Waals surface area contributed by atoms with Crippen molar-refractivity contribution in [3.63, 3.8) is 0 Å². The molecule has 100 valence electrons. The van der Waals surface area contributed by atoms with Gasteiger partial charge in [-0.3, -0.25) is 4.90 Å². The fourth-order valence-electron chi connectivity index (χ4n) is 2.87. The number of nitrogens with zero attached hydrogens (tertiary/aromatic N) is 1. The molecule has 2 nitrogen and oxygen atoms in total. The maximum Gasteiger partial charge on any atom is 0.0594 e. The largest absolute Gasteiger partial charge is 0.379 e. The van der Waals surface area contributed by atoms with Gasteiger partial charge in [0.15, 0.2) is 0 Å². The molecule has 0 aromatic rings. The number of ether oxygens (including phenoxy) is 1. The van der Waals surface area contributed by atoms with Crippen molar-refractivity contribution < 1.29 is 4.74 Å². The molecule has 0 N–H and O–H groups in total. The number of hydrogen-bond donors (Lipinski definition) is 0. The molecule has 0 amide bonds. The van der Waals surface area contributed by atoms with Crippen LogP contribution in [-0.4, -0.2) is 42.3 Å². The van der Waals surface area contributed by atoms with Crippen LogP contribution >= 0.6 is 11.8 Å². The molecule has 17 heavy (non-hydrogen) atoms. The lowest BCUT2D eigenvalue weighted by Crippen LogP contribution is -2.36. The topological polar surface area (TPSA) is 12.5 Å². The average Bonchev–Trinajstić information content (AvgIpc) is 2.52. The second-order valence-corrected chi connectivity index (χ2v) is 6.88. The Kier molecular flexibility index (Phi) is 5.64. The third kappa shape index (κ3) is 4.15. The molecular weight excluding hydrogens is 230 g/mol. The SMILES string of the molecule is CC1CCCCC(SCN2CCOCC2)C1C. The summed E-state index contributed by atoms with van der Waals surface area (Å²) < 4.78 is 5.40. The monoisotopic (exact) mass is 257 g/mol. The lowest BCUT2D eigenvalue weighted by Gasteiger charge is -2.30. The number of thioether (sulfide) groups is 1. The molecule has 0 radical (unpaired) electrons. The summed E-state index contributed by atoms with van der Waals surface area (Å²) in [5, 5.41) is 0.885. The second kappa shape index (κ2) is 7.01. The summed E-state index contributed by atoms with van der Waals surface area (Å²) >= 11 is 2.20. The van der Waals surface area contributed by atoms with E-state index in [2.05, 4.69) is 30.5 Å². The quantitative estimate of drug-likeness (QED) is 0.720. The van der Waals surface area contributed by atoms with Gasteiger partial charge in [0.2, 0.25) is 0 Å². The van der Waals surface area contributed by atoms with Gasteiger partial charge in [-0.15, -0.1) is 11.8 Å². The molecule has 2 rings (SSSR count). The number of rotatable bonds is 3. The normalized spacial score (nSPS) is 36.7.